The fourth-order valence-corrected chi connectivity index (χ4v) is 5.37. The van der Waals surface area contributed by atoms with E-state index in [0.29, 0.717) is 19.3 Å². The molecule has 0 aliphatic carbocycles. The van der Waals surface area contributed by atoms with E-state index < -0.39 is 33.7 Å². The van der Waals surface area contributed by atoms with Gasteiger partial charge in [-0.05, 0) is 37.1 Å². The molecule has 8 nitrogen and oxygen atoms in total. The monoisotopic (exact) mass is 467 g/mol. The molecule has 2 aromatic heterocycles. The van der Waals surface area contributed by atoms with E-state index in [9.17, 15) is 26.4 Å². The summed E-state index contributed by atoms with van der Waals surface area (Å²) in [6, 6.07) is 9.04. The van der Waals surface area contributed by atoms with Crippen LogP contribution in [0.4, 0.5) is 13.2 Å². The number of fused-ring (bicyclic) bond motifs is 1. The Morgan fingerprint density at radius 1 is 1.09 bits per heavy atom. The normalized spacial score (nSPS) is 18.0. The average molecular weight is 467 g/mol. The summed E-state index contributed by atoms with van der Waals surface area (Å²) in [6.07, 6.45) is -2.01. The van der Waals surface area contributed by atoms with Crippen molar-refractivity contribution in [1.82, 2.24) is 24.2 Å². The van der Waals surface area contributed by atoms with Crippen LogP contribution in [0.25, 0.3) is 5.65 Å². The van der Waals surface area contributed by atoms with Crippen molar-refractivity contribution in [2.75, 3.05) is 6.54 Å². The zero-order valence-electron chi connectivity index (χ0n) is 16.8. The molecule has 1 fully saturated rings. The maximum Gasteiger partial charge on any atom is 0.417 e. The van der Waals surface area contributed by atoms with E-state index in [1.165, 1.54) is 22.5 Å². The number of nitrogens with one attached hydrogen (secondary N) is 1. The third-order valence-electron chi connectivity index (χ3n) is 5.33. The lowest BCUT2D eigenvalue weighted by atomic mass is 10.0. The number of benzene rings is 1. The van der Waals surface area contributed by atoms with E-state index in [1.807, 2.05) is 0 Å². The standard InChI is InChI=1S/C20H20F3N5O3S/c21-20(22,23)14-9-10-17-25-26-18(27(17)13-14)12-24-19(29)16-8-4-5-11-28(16)32(30,31)15-6-2-1-3-7-15/h1-3,6-7,9-10,13,16H,4-5,8,11-12H2,(H,24,29)/t16-/m1/s1. The summed E-state index contributed by atoms with van der Waals surface area (Å²) in [5, 5.41) is 10.3. The Bertz CT molecular complexity index is 1230. The van der Waals surface area contributed by atoms with Gasteiger partial charge >= 0.3 is 6.18 Å². The van der Waals surface area contributed by atoms with Crippen LogP contribution in [0.5, 0.6) is 0 Å². The highest BCUT2D eigenvalue weighted by molar-refractivity contribution is 7.89. The number of carbonyl (C=O) groups excluding carboxylic acids is 1. The van der Waals surface area contributed by atoms with Gasteiger partial charge < -0.3 is 5.32 Å². The fraction of sp³-hybridized carbons (Fsp3) is 0.350. The van der Waals surface area contributed by atoms with E-state index in [0.717, 1.165) is 16.7 Å². The summed E-state index contributed by atoms with van der Waals surface area (Å²) in [4.78, 5) is 13.0. The molecule has 3 heterocycles. The third kappa shape index (κ3) is 4.32. The van der Waals surface area contributed by atoms with Gasteiger partial charge in [-0.2, -0.15) is 17.5 Å². The predicted octanol–water partition coefficient (Wildman–Crippen LogP) is 2.61. The number of pyridine rings is 1. The number of alkyl halides is 3. The summed E-state index contributed by atoms with van der Waals surface area (Å²) < 4.78 is 67.5. The van der Waals surface area contributed by atoms with Crippen LogP contribution in [0, 0.1) is 0 Å². The lowest BCUT2D eigenvalue weighted by molar-refractivity contribution is -0.137. The molecule has 4 rings (SSSR count). The highest BCUT2D eigenvalue weighted by Gasteiger charge is 2.37. The van der Waals surface area contributed by atoms with Gasteiger partial charge in [0.25, 0.3) is 0 Å². The van der Waals surface area contributed by atoms with Gasteiger partial charge in [0.1, 0.15) is 6.04 Å². The Morgan fingerprint density at radius 3 is 2.56 bits per heavy atom. The van der Waals surface area contributed by atoms with Crippen LogP contribution in [0.15, 0.2) is 53.6 Å². The van der Waals surface area contributed by atoms with Crippen LogP contribution in [-0.4, -0.2) is 45.8 Å². The highest BCUT2D eigenvalue weighted by atomic mass is 32.2. The van der Waals surface area contributed by atoms with Crippen LogP contribution < -0.4 is 5.32 Å². The van der Waals surface area contributed by atoms with Crippen LogP contribution in [0.2, 0.25) is 0 Å². The molecule has 0 saturated carbocycles. The molecular weight excluding hydrogens is 447 g/mol. The van der Waals surface area contributed by atoms with Crippen molar-refractivity contribution in [1.29, 1.82) is 0 Å². The lowest BCUT2D eigenvalue weighted by Gasteiger charge is -2.33. The number of aromatic nitrogens is 3. The summed E-state index contributed by atoms with van der Waals surface area (Å²) in [7, 11) is -3.87. The number of halogens is 3. The minimum atomic E-state index is -4.53. The Labute approximate surface area is 182 Å². The zero-order chi connectivity index (χ0) is 22.9. The molecule has 1 aliphatic rings. The maximum atomic E-state index is 13.1. The van der Waals surface area contributed by atoms with E-state index in [2.05, 4.69) is 15.5 Å². The van der Waals surface area contributed by atoms with Gasteiger partial charge in [-0.25, -0.2) is 8.42 Å². The molecular formula is C20H20F3N5O3S. The van der Waals surface area contributed by atoms with Crippen molar-refractivity contribution < 1.29 is 26.4 Å². The third-order valence-corrected chi connectivity index (χ3v) is 7.25. The van der Waals surface area contributed by atoms with Crippen molar-refractivity contribution in [3.05, 3.63) is 60.0 Å². The molecule has 0 spiro atoms. The molecule has 1 aliphatic heterocycles. The SMILES string of the molecule is O=C(NCc1nnc2ccc(C(F)(F)F)cn12)[C@H]1CCCCN1S(=O)(=O)c1ccccc1. The summed E-state index contributed by atoms with van der Waals surface area (Å²) in [5.41, 5.74) is -0.669. The largest absolute Gasteiger partial charge is 0.417 e. The van der Waals surface area contributed by atoms with Crippen molar-refractivity contribution in [2.24, 2.45) is 0 Å². The van der Waals surface area contributed by atoms with Crippen molar-refractivity contribution in [3.63, 3.8) is 0 Å². The Hall–Kier alpha value is -2.99. The molecule has 3 aromatic rings. The van der Waals surface area contributed by atoms with E-state index >= 15 is 0 Å². The fourth-order valence-electron chi connectivity index (χ4n) is 3.69. The van der Waals surface area contributed by atoms with E-state index in [1.54, 1.807) is 18.2 Å². The van der Waals surface area contributed by atoms with Crippen LogP contribution in [-0.2, 0) is 27.5 Å². The molecule has 0 unspecified atom stereocenters. The van der Waals surface area contributed by atoms with Gasteiger partial charge in [-0.15, -0.1) is 10.2 Å². The number of hydrogen-bond acceptors (Lipinski definition) is 5. The predicted molar refractivity (Wildman–Crippen MR) is 108 cm³/mol. The first kappa shape index (κ1) is 22.2. The second-order valence-corrected chi connectivity index (χ2v) is 9.31. The van der Waals surface area contributed by atoms with Crippen LogP contribution in [0.3, 0.4) is 0 Å². The van der Waals surface area contributed by atoms with Crippen molar-refractivity contribution in [2.45, 2.75) is 42.9 Å². The Kier molecular flexibility index (Phi) is 5.91. The topological polar surface area (TPSA) is 96.7 Å². The van der Waals surface area contributed by atoms with E-state index in [4.69, 9.17) is 0 Å². The second-order valence-electron chi connectivity index (χ2n) is 7.42. The first-order chi connectivity index (χ1) is 15.2. The molecule has 0 bridgehead atoms. The number of amides is 1. The highest BCUT2D eigenvalue weighted by Crippen LogP contribution is 2.29. The molecule has 12 heteroatoms. The van der Waals surface area contributed by atoms with Gasteiger partial charge in [0.05, 0.1) is 17.0 Å². The molecule has 170 valence electrons. The molecule has 1 amide bonds. The molecule has 1 saturated heterocycles. The average Bonchev–Trinajstić information content (AvgIpc) is 3.20. The molecule has 1 atom stereocenters. The van der Waals surface area contributed by atoms with Gasteiger partial charge in [0.2, 0.25) is 15.9 Å². The van der Waals surface area contributed by atoms with Gasteiger partial charge in [-0.1, -0.05) is 24.6 Å². The minimum Gasteiger partial charge on any atom is -0.347 e. The minimum absolute atomic E-state index is 0.0998. The summed E-state index contributed by atoms with van der Waals surface area (Å²) in [5.74, 6) is -0.430. The summed E-state index contributed by atoms with van der Waals surface area (Å²) >= 11 is 0. The quantitative estimate of drug-likeness (QED) is 0.622. The number of sulfonamides is 1. The van der Waals surface area contributed by atoms with E-state index in [-0.39, 0.29) is 29.5 Å². The van der Waals surface area contributed by atoms with Gasteiger partial charge in [0, 0.05) is 12.7 Å². The van der Waals surface area contributed by atoms with Gasteiger partial charge in [0.15, 0.2) is 11.5 Å². The maximum absolute atomic E-state index is 13.1. The molecule has 0 radical (unpaired) electrons. The summed E-state index contributed by atoms with van der Waals surface area (Å²) in [6.45, 7) is 0.00908. The second kappa shape index (κ2) is 8.51. The number of hydrogen-bond donors (Lipinski definition) is 1. The molecule has 32 heavy (non-hydrogen) atoms. The molecule has 1 N–H and O–H groups in total. The number of carbonyl (C=O) groups is 1. The van der Waals surface area contributed by atoms with Crippen LogP contribution in [0.1, 0.15) is 30.7 Å². The number of piperidine rings is 1. The van der Waals surface area contributed by atoms with Crippen molar-refractivity contribution >= 4 is 21.6 Å². The first-order valence-corrected chi connectivity index (χ1v) is 11.4. The lowest BCUT2D eigenvalue weighted by Crippen LogP contribution is -2.51. The molecule has 1 aromatic carbocycles. The number of rotatable bonds is 5. The van der Waals surface area contributed by atoms with Crippen LogP contribution >= 0.6 is 0 Å². The Morgan fingerprint density at radius 2 is 1.84 bits per heavy atom. The van der Waals surface area contributed by atoms with Gasteiger partial charge in [-0.3, -0.25) is 9.20 Å². The smallest absolute Gasteiger partial charge is 0.347 e. The zero-order valence-corrected chi connectivity index (χ0v) is 17.6. The van der Waals surface area contributed by atoms with Crippen molar-refractivity contribution in [3.8, 4) is 0 Å². The number of nitrogens with zero attached hydrogens (tertiary/aromatic N) is 4. The first-order valence-electron chi connectivity index (χ1n) is 9.93. The Balaban J connectivity index is 1.53.